The first kappa shape index (κ1) is 12.1. The maximum atomic E-state index is 10.5. The molecule has 0 spiro atoms. The van der Waals surface area contributed by atoms with E-state index in [1.807, 2.05) is 19.1 Å². The number of rotatable bonds is 3. The van der Waals surface area contributed by atoms with Crippen LogP contribution in [0.5, 0.6) is 0 Å². The molecular weight excluding hydrogens is 268 g/mol. The van der Waals surface area contributed by atoms with Crippen molar-refractivity contribution in [3.63, 3.8) is 0 Å². The number of hydrogen-bond acceptors (Lipinski definition) is 2. The normalized spacial score (nSPS) is 24.3. The van der Waals surface area contributed by atoms with Gasteiger partial charge in [-0.1, -0.05) is 28.1 Å². The van der Waals surface area contributed by atoms with Crippen molar-refractivity contribution in [3.05, 3.63) is 34.3 Å². The summed E-state index contributed by atoms with van der Waals surface area (Å²) in [6, 6.07) is 8.11. The second-order valence-corrected chi connectivity index (χ2v) is 5.64. The first-order valence-corrected chi connectivity index (χ1v) is 6.42. The molecule has 1 N–H and O–H groups in total. The number of ether oxygens (including phenoxy) is 1. The van der Waals surface area contributed by atoms with Crippen molar-refractivity contribution in [2.24, 2.45) is 5.92 Å². The average molecular weight is 285 g/mol. The van der Waals surface area contributed by atoms with Gasteiger partial charge in [0, 0.05) is 23.4 Å². The molecule has 1 aliphatic rings. The zero-order chi connectivity index (χ0) is 11.6. The van der Waals surface area contributed by atoms with Crippen LogP contribution in [0.15, 0.2) is 28.7 Å². The standard InChI is InChI=1S/C13H17BrO2/c1-13(15,11-5-6-16-9-11)8-10-3-2-4-12(14)7-10/h2-4,7,11,15H,5-6,8-9H2,1H3. The number of aliphatic hydroxyl groups is 1. The van der Waals surface area contributed by atoms with E-state index in [1.165, 1.54) is 0 Å². The summed E-state index contributed by atoms with van der Waals surface area (Å²) < 4.78 is 6.39. The highest BCUT2D eigenvalue weighted by molar-refractivity contribution is 9.10. The average Bonchev–Trinajstić information content (AvgIpc) is 2.69. The SMILES string of the molecule is CC(O)(Cc1cccc(Br)c1)C1CCOC1. The van der Waals surface area contributed by atoms with Crippen LogP contribution in [0.3, 0.4) is 0 Å². The van der Waals surface area contributed by atoms with Crippen LogP contribution in [0.2, 0.25) is 0 Å². The van der Waals surface area contributed by atoms with Gasteiger partial charge in [0.2, 0.25) is 0 Å². The lowest BCUT2D eigenvalue weighted by Gasteiger charge is -2.29. The Kier molecular flexibility index (Phi) is 3.67. The van der Waals surface area contributed by atoms with Crippen molar-refractivity contribution in [3.8, 4) is 0 Å². The van der Waals surface area contributed by atoms with E-state index in [4.69, 9.17) is 4.74 Å². The first-order valence-electron chi connectivity index (χ1n) is 5.62. The number of benzene rings is 1. The van der Waals surface area contributed by atoms with E-state index in [0.717, 1.165) is 23.1 Å². The van der Waals surface area contributed by atoms with Crippen molar-refractivity contribution in [2.45, 2.75) is 25.4 Å². The molecule has 0 saturated carbocycles. The second kappa shape index (κ2) is 4.86. The molecule has 2 unspecified atom stereocenters. The van der Waals surface area contributed by atoms with E-state index in [0.29, 0.717) is 13.0 Å². The van der Waals surface area contributed by atoms with E-state index >= 15 is 0 Å². The van der Waals surface area contributed by atoms with E-state index < -0.39 is 5.60 Å². The fraction of sp³-hybridized carbons (Fsp3) is 0.538. The van der Waals surface area contributed by atoms with Crippen LogP contribution in [0.25, 0.3) is 0 Å². The molecule has 1 fully saturated rings. The third kappa shape index (κ3) is 2.84. The van der Waals surface area contributed by atoms with Gasteiger partial charge >= 0.3 is 0 Å². The number of halogens is 1. The van der Waals surface area contributed by atoms with Gasteiger partial charge in [-0.2, -0.15) is 0 Å². The van der Waals surface area contributed by atoms with Crippen LogP contribution < -0.4 is 0 Å². The Morgan fingerprint density at radius 2 is 2.38 bits per heavy atom. The molecule has 1 heterocycles. The summed E-state index contributed by atoms with van der Waals surface area (Å²) in [6.07, 6.45) is 1.64. The van der Waals surface area contributed by atoms with E-state index in [-0.39, 0.29) is 5.92 Å². The van der Waals surface area contributed by atoms with Crippen LogP contribution in [0, 0.1) is 5.92 Å². The Hall–Kier alpha value is -0.380. The van der Waals surface area contributed by atoms with Crippen LogP contribution >= 0.6 is 15.9 Å². The summed E-state index contributed by atoms with van der Waals surface area (Å²) in [5.74, 6) is 0.256. The van der Waals surface area contributed by atoms with E-state index in [9.17, 15) is 5.11 Å². The van der Waals surface area contributed by atoms with Crippen LogP contribution in [-0.4, -0.2) is 23.9 Å². The largest absolute Gasteiger partial charge is 0.389 e. The molecule has 0 aliphatic carbocycles. The lowest BCUT2D eigenvalue weighted by Crippen LogP contribution is -2.37. The van der Waals surface area contributed by atoms with Crippen molar-refractivity contribution < 1.29 is 9.84 Å². The Morgan fingerprint density at radius 1 is 1.56 bits per heavy atom. The van der Waals surface area contributed by atoms with Gasteiger partial charge in [-0.3, -0.25) is 0 Å². The Bertz CT molecular complexity index is 357. The third-order valence-electron chi connectivity index (χ3n) is 3.26. The predicted octanol–water partition coefficient (Wildman–Crippen LogP) is 2.78. The summed E-state index contributed by atoms with van der Waals surface area (Å²) >= 11 is 3.45. The highest BCUT2D eigenvalue weighted by Gasteiger charge is 2.34. The molecule has 0 aromatic heterocycles. The number of hydrogen-bond donors (Lipinski definition) is 1. The quantitative estimate of drug-likeness (QED) is 0.925. The summed E-state index contributed by atoms with van der Waals surface area (Å²) in [5, 5.41) is 10.5. The molecule has 2 rings (SSSR count). The lowest BCUT2D eigenvalue weighted by atomic mass is 9.83. The van der Waals surface area contributed by atoms with Gasteiger partial charge in [0.15, 0.2) is 0 Å². The molecule has 3 heteroatoms. The Balaban J connectivity index is 2.07. The molecular formula is C13H17BrO2. The van der Waals surface area contributed by atoms with Gasteiger partial charge in [0.1, 0.15) is 0 Å². The maximum Gasteiger partial charge on any atom is 0.0710 e. The molecule has 1 aliphatic heterocycles. The van der Waals surface area contributed by atoms with Gasteiger partial charge in [0.05, 0.1) is 12.2 Å². The van der Waals surface area contributed by atoms with Crippen molar-refractivity contribution in [1.82, 2.24) is 0 Å². The Labute approximate surface area is 105 Å². The molecule has 2 nitrogen and oxygen atoms in total. The minimum atomic E-state index is -0.669. The highest BCUT2D eigenvalue weighted by atomic mass is 79.9. The first-order chi connectivity index (χ1) is 7.58. The van der Waals surface area contributed by atoms with Crippen molar-refractivity contribution in [1.29, 1.82) is 0 Å². The second-order valence-electron chi connectivity index (χ2n) is 4.72. The summed E-state index contributed by atoms with van der Waals surface area (Å²) in [7, 11) is 0. The van der Waals surface area contributed by atoms with Crippen molar-refractivity contribution >= 4 is 15.9 Å². The zero-order valence-electron chi connectivity index (χ0n) is 9.45. The highest BCUT2D eigenvalue weighted by Crippen LogP contribution is 2.29. The fourth-order valence-electron chi connectivity index (χ4n) is 2.23. The predicted molar refractivity (Wildman–Crippen MR) is 67.4 cm³/mol. The minimum absolute atomic E-state index is 0.256. The lowest BCUT2D eigenvalue weighted by molar-refractivity contribution is -0.00454. The Morgan fingerprint density at radius 3 is 3.00 bits per heavy atom. The molecule has 0 amide bonds. The molecule has 0 bridgehead atoms. The molecule has 1 saturated heterocycles. The molecule has 1 aromatic rings. The van der Waals surface area contributed by atoms with E-state index in [1.54, 1.807) is 0 Å². The van der Waals surface area contributed by atoms with Gasteiger partial charge in [-0.05, 0) is 31.0 Å². The third-order valence-corrected chi connectivity index (χ3v) is 3.75. The van der Waals surface area contributed by atoms with Gasteiger partial charge in [-0.15, -0.1) is 0 Å². The van der Waals surface area contributed by atoms with Crippen LogP contribution in [0.1, 0.15) is 18.9 Å². The molecule has 88 valence electrons. The minimum Gasteiger partial charge on any atom is -0.389 e. The molecule has 16 heavy (non-hydrogen) atoms. The summed E-state index contributed by atoms with van der Waals surface area (Å²) in [4.78, 5) is 0. The van der Waals surface area contributed by atoms with Gasteiger partial charge < -0.3 is 9.84 Å². The van der Waals surface area contributed by atoms with Crippen LogP contribution in [0.4, 0.5) is 0 Å². The maximum absolute atomic E-state index is 10.5. The van der Waals surface area contributed by atoms with Gasteiger partial charge in [-0.25, -0.2) is 0 Å². The summed E-state index contributed by atoms with van der Waals surface area (Å²) in [6.45, 7) is 3.37. The van der Waals surface area contributed by atoms with Crippen molar-refractivity contribution in [2.75, 3.05) is 13.2 Å². The smallest absolute Gasteiger partial charge is 0.0710 e. The monoisotopic (exact) mass is 284 g/mol. The fourth-order valence-corrected chi connectivity index (χ4v) is 2.68. The summed E-state index contributed by atoms with van der Waals surface area (Å²) in [5.41, 5.74) is 0.489. The molecule has 1 aromatic carbocycles. The topological polar surface area (TPSA) is 29.5 Å². The molecule has 2 atom stereocenters. The zero-order valence-corrected chi connectivity index (χ0v) is 11.0. The van der Waals surface area contributed by atoms with Crippen LogP contribution in [-0.2, 0) is 11.2 Å². The van der Waals surface area contributed by atoms with E-state index in [2.05, 4.69) is 28.1 Å². The molecule has 0 radical (unpaired) electrons. The van der Waals surface area contributed by atoms with Gasteiger partial charge in [0.25, 0.3) is 0 Å².